The molecule has 0 aliphatic heterocycles. The van der Waals surface area contributed by atoms with Crippen LogP contribution in [0.25, 0.3) is 0 Å². The van der Waals surface area contributed by atoms with Crippen LogP contribution < -0.4 is 16.6 Å². The van der Waals surface area contributed by atoms with Crippen molar-refractivity contribution in [3.63, 3.8) is 0 Å². The highest BCUT2D eigenvalue weighted by Gasteiger charge is 2.28. The minimum absolute atomic E-state index is 0. The van der Waals surface area contributed by atoms with E-state index in [1.54, 1.807) is 0 Å². The Bertz CT molecular complexity index is 602. The van der Waals surface area contributed by atoms with Gasteiger partial charge < -0.3 is 11.1 Å². The zero-order chi connectivity index (χ0) is 16.2. The van der Waals surface area contributed by atoms with Gasteiger partial charge in [-0.1, -0.05) is 13.8 Å². The van der Waals surface area contributed by atoms with E-state index in [1.807, 2.05) is 20.8 Å². The average Bonchev–Trinajstić information content (AvgIpc) is 2.40. The molecule has 22 heavy (non-hydrogen) atoms. The lowest BCUT2D eigenvalue weighted by atomic mass is 9.88. The Balaban J connectivity index is 0.00000441. The van der Waals surface area contributed by atoms with E-state index >= 15 is 0 Å². The quantitative estimate of drug-likeness (QED) is 0.586. The normalized spacial score (nSPS) is 13.1. The predicted octanol–water partition coefficient (Wildman–Crippen LogP) is 0.668. The molecular weight excluding hydrogens is 312 g/mol. The summed E-state index contributed by atoms with van der Waals surface area (Å²) in [7, 11) is 0. The van der Waals surface area contributed by atoms with Gasteiger partial charge >= 0.3 is 0 Å². The summed E-state index contributed by atoms with van der Waals surface area (Å²) in [4.78, 5) is 33.7. The molecule has 0 aliphatic rings. The molecule has 1 rings (SSSR count). The van der Waals surface area contributed by atoms with Crippen molar-refractivity contribution in [1.82, 2.24) is 9.88 Å². The second-order valence-electron chi connectivity index (χ2n) is 5.44. The van der Waals surface area contributed by atoms with Crippen LogP contribution >= 0.6 is 12.4 Å². The largest absolute Gasteiger partial charge is 0.348 e. The molecule has 1 atom stereocenters. The molecule has 1 unspecified atom stereocenters. The first-order valence-corrected chi connectivity index (χ1v) is 6.55. The number of hydrogen-bond donors (Lipinski definition) is 2. The van der Waals surface area contributed by atoms with Crippen molar-refractivity contribution < 1.29 is 9.72 Å². The zero-order valence-corrected chi connectivity index (χ0v) is 13.6. The number of carbonyl (C=O) groups is 1. The third-order valence-corrected chi connectivity index (χ3v) is 3.62. The number of hydrogen-bond acceptors (Lipinski definition) is 5. The molecule has 0 aromatic carbocycles. The number of amides is 1. The van der Waals surface area contributed by atoms with E-state index in [-0.39, 0.29) is 37.1 Å². The van der Waals surface area contributed by atoms with Crippen LogP contribution in [-0.4, -0.2) is 27.5 Å². The first-order valence-electron chi connectivity index (χ1n) is 6.55. The highest BCUT2D eigenvalue weighted by atomic mass is 35.5. The van der Waals surface area contributed by atoms with Crippen LogP contribution in [0.2, 0.25) is 0 Å². The Morgan fingerprint density at radius 1 is 1.50 bits per heavy atom. The number of aromatic nitrogens is 1. The molecule has 1 amide bonds. The van der Waals surface area contributed by atoms with Crippen molar-refractivity contribution in [3.8, 4) is 0 Å². The van der Waals surface area contributed by atoms with E-state index in [4.69, 9.17) is 5.73 Å². The van der Waals surface area contributed by atoms with Gasteiger partial charge in [-0.3, -0.25) is 24.3 Å². The molecule has 1 aromatic heterocycles. The zero-order valence-electron chi connectivity index (χ0n) is 12.7. The summed E-state index contributed by atoms with van der Waals surface area (Å²) in [6, 6.07) is 2.17. The standard InChI is InChI=1S/C13H20N4O4.ClH/c1-9(2)13(3,8-14)15-11(18)7-16-6-10(17(20)21)4-5-12(16)19;/h4-6,9H,7-8,14H2,1-3H3,(H,15,18);1H. The lowest BCUT2D eigenvalue weighted by molar-refractivity contribution is -0.385. The summed E-state index contributed by atoms with van der Waals surface area (Å²) in [5, 5.41) is 13.5. The molecule has 0 radical (unpaired) electrons. The van der Waals surface area contributed by atoms with Gasteiger partial charge in [0.2, 0.25) is 5.91 Å². The molecule has 0 aliphatic carbocycles. The maximum absolute atomic E-state index is 12.0. The van der Waals surface area contributed by atoms with Gasteiger partial charge in [0.25, 0.3) is 11.2 Å². The van der Waals surface area contributed by atoms with Crippen LogP contribution in [0, 0.1) is 16.0 Å². The molecule has 124 valence electrons. The summed E-state index contributed by atoms with van der Waals surface area (Å²) in [5.41, 5.74) is 4.36. The monoisotopic (exact) mass is 332 g/mol. The van der Waals surface area contributed by atoms with Gasteiger partial charge in [-0.25, -0.2) is 0 Å². The van der Waals surface area contributed by atoms with Gasteiger partial charge in [-0.05, 0) is 12.8 Å². The second kappa shape index (κ2) is 7.90. The van der Waals surface area contributed by atoms with Crippen LogP contribution in [0.5, 0.6) is 0 Å². The minimum atomic E-state index is -0.619. The number of nitrogens with zero attached hydrogens (tertiary/aromatic N) is 2. The summed E-state index contributed by atoms with van der Waals surface area (Å²) in [5.74, 6) is -0.312. The molecule has 3 N–H and O–H groups in total. The predicted molar refractivity (Wildman–Crippen MR) is 85.0 cm³/mol. The van der Waals surface area contributed by atoms with Crippen LogP contribution in [0.1, 0.15) is 20.8 Å². The maximum atomic E-state index is 12.0. The highest BCUT2D eigenvalue weighted by Crippen LogP contribution is 2.14. The minimum Gasteiger partial charge on any atom is -0.348 e. The lowest BCUT2D eigenvalue weighted by Gasteiger charge is -2.33. The fraction of sp³-hybridized carbons (Fsp3) is 0.538. The van der Waals surface area contributed by atoms with Gasteiger partial charge in [-0.2, -0.15) is 0 Å². The first kappa shape index (κ1) is 20.1. The summed E-state index contributed by atoms with van der Waals surface area (Å²) >= 11 is 0. The molecular formula is C13H21ClN4O4. The smallest absolute Gasteiger partial charge is 0.285 e. The van der Waals surface area contributed by atoms with Gasteiger partial charge in [-0.15, -0.1) is 12.4 Å². The molecule has 0 fully saturated rings. The highest BCUT2D eigenvalue weighted by molar-refractivity contribution is 5.85. The Morgan fingerprint density at radius 3 is 2.55 bits per heavy atom. The van der Waals surface area contributed by atoms with E-state index < -0.39 is 21.9 Å². The van der Waals surface area contributed by atoms with Crippen LogP contribution in [0.3, 0.4) is 0 Å². The Labute approximate surface area is 134 Å². The fourth-order valence-corrected chi connectivity index (χ4v) is 1.69. The molecule has 0 saturated carbocycles. The maximum Gasteiger partial charge on any atom is 0.285 e. The third kappa shape index (κ3) is 4.81. The van der Waals surface area contributed by atoms with Crippen molar-refractivity contribution in [2.24, 2.45) is 11.7 Å². The summed E-state index contributed by atoms with van der Waals surface area (Å²) < 4.78 is 1.00. The fourth-order valence-electron chi connectivity index (χ4n) is 1.69. The van der Waals surface area contributed by atoms with E-state index in [0.29, 0.717) is 0 Å². The van der Waals surface area contributed by atoms with E-state index in [0.717, 1.165) is 22.9 Å². The number of nitrogens with one attached hydrogen (secondary N) is 1. The molecule has 1 aromatic rings. The Hall–Kier alpha value is -1.93. The number of pyridine rings is 1. The van der Waals surface area contributed by atoms with Gasteiger partial charge in [0.1, 0.15) is 6.54 Å². The van der Waals surface area contributed by atoms with Gasteiger partial charge in [0.15, 0.2) is 0 Å². The molecule has 1 heterocycles. The summed E-state index contributed by atoms with van der Waals surface area (Å²) in [6.45, 7) is 5.62. The SMILES string of the molecule is CC(C)C(C)(CN)NC(=O)Cn1cc([N+](=O)[O-])ccc1=O.Cl. The van der Waals surface area contributed by atoms with E-state index in [2.05, 4.69) is 5.32 Å². The van der Waals surface area contributed by atoms with Crippen molar-refractivity contribution in [2.45, 2.75) is 32.9 Å². The van der Waals surface area contributed by atoms with E-state index in [9.17, 15) is 19.7 Å². The van der Waals surface area contributed by atoms with Crippen LogP contribution in [0.15, 0.2) is 23.1 Å². The molecule has 0 spiro atoms. The van der Waals surface area contributed by atoms with Crippen molar-refractivity contribution in [1.29, 1.82) is 0 Å². The van der Waals surface area contributed by atoms with Crippen molar-refractivity contribution >= 4 is 24.0 Å². The average molecular weight is 333 g/mol. The molecule has 0 saturated heterocycles. The van der Waals surface area contributed by atoms with Crippen molar-refractivity contribution in [2.75, 3.05) is 6.54 Å². The number of carbonyl (C=O) groups excluding carboxylic acids is 1. The Kier molecular flexibility index (Phi) is 7.21. The number of nitrogens with two attached hydrogens (primary N) is 1. The van der Waals surface area contributed by atoms with Crippen LogP contribution in [-0.2, 0) is 11.3 Å². The number of rotatable bonds is 6. The van der Waals surface area contributed by atoms with Gasteiger partial charge in [0.05, 0.1) is 16.7 Å². The Morgan fingerprint density at radius 2 is 2.09 bits per heavy atom. The van der Waals surface area contributed by atoms with Crippen LogP contribution in [0.4, 0.5) is 5.69 Å². The second-order valence-corrected chi connectivity index (χ2v) is 5.44. The molecule has 8 nitrogen and oxygen atoms in total. The van der Waals surface area contributed by atoms with Crippen molar-refractivity contribution in [3.05, 3.63) is 38.8 Å². The molecule has 9 heteroatoms. The third-order valence-electron chi connectivity index (χ3n) is 3.62. The first-order chi connectivity index (χ1) is 9.69. The van der Waals surface area contributed by atoms with E-state index in [1.165, 1.54) is 0 Å². The van der Waals surface area contributed by atoms with Gasteiger partial charge in [0, 0.05) is 18.7 Å². The molecule has 0 bridgehead atoms. The summed E-state index contributed by atoms with van der Waals surface area (Å²) in [6.07, 6.45) is 1.05. The number of nitro groups is 1. The lowest BCUT2D eigenvalue weighted by Crippen LogP contribution is -2.56. The topological polar surface area (TPSA) is 120 Å². The number of halogens is 1.